The largest absolute Gasteiger partial charge is 0.298 e. The number of non-ortho nitro benzene ring substituents is 2. The number of aromatic nitrogens is 1. The fraction of sp³-hybridized carbons (Fsp3) is 0. The first-order valence-electron chi connectivity index (χ1n) is 7.20. The Morgan fingerprint density at radius 2 is 1.69 bits per heavy atom. The highest BCUT2D eigenvalue weighted by atomic mass is 32.1. The van der Waals surface area contributed by atoms with E-state index in [1.165, 1.54) is 47.7 Å². The maximum Gasteiger partial charge on any atom is 0.270 e. The molecule has 0 unspecified atom stereocenters. The highest BCUT2D eigenvalue weighted by Gasteiger charge is 2.13. The molecule has 1 amide bonds. The Labute approximate surface area is 150 Å². The number of carbonyl (C=O) groups excluding carboxylic acids is 1. The molecule has 26 heavy (non-hydrogen) atoms. The lowest BCUT2D eigenvalue weighted by molar-refractivity contribution is -0.385. The number of nitrogens with one attached hydrogen (secondary N) is 1. The molecule has 0 bridgehead atoms. The number of amides is 1. The third-order valence-corrected chi connectivity index (χ3v) is 4.18. The van der Waals surface area contributed by atoms with Crippen LogP contribution in [0.2, 0.25) is 0 Å². The Hall–Kier alpha value is -3.66. The smallest absolute Gasteiger partial charge is 0.270 e. The van der Waals surface area contributed by atoms with Gasteiger partial charge in [-0.15, -0.1) is 11.3 Å². The first kappa shape index (κ1) is 17.2. The van der Waals surface area contributed by atoms with Crippen LogP contribution in [-0.2, 0) is 0 Å². The van der Waals surface area contributed by atoms with Crippen molar-refractivity contribution in [3.63, 3.8) is 0 Å². The monoisotopic (exact) mass is 370 g/mol. The molecule has 2 aromatic carbocycles. The van der Waals surface area contributed by atoms with E-state index in [1.54, 1.807) is 17.5 Å². The van der Waals surface area contributed by atoms with Gasteiger partial charge in [0.2, 0.25) is 0 Å². The topological polar surface area (TPSA) is 128 Å². The summed E-state index contributed by atoms with van der Waals surface area (Å²) in [5.74, 6) is -0.458. The summed E-state index contributed by atoms with van der Waals surface area (Å²) in [5.41, 5.74) is 1.16. The molecular weight excluding hydrogens is 360 g/mol. The number of hydrogen-bond acceptors (Lipinski definition) is 7. The molecule has 10 heteroatoms. The molecule has 130 valence electrons. The number of carbonyl (C=O) groups is 1. The van der Waals surface area contributed by atoms with Crippen LogP contribution in [0.5, 0.6) is 0 Å². The minimum Gasteiger partial charge on any atom is -0.298 e. The Morgan fingerprint density at radius 1 is 1.00 bits per heavy atom. The quantitative estimate of drug-likeness (QED) is 0.536. The second kappa shape index (κ2) is 7.07. The molecule has 0 aliphatic carbocycles. The van der Waals surface area contributed by atoms with Gasteiger partial charge in [-0.3, -0.25) is 30.3 Å². The predicted octanol–water partition coefficient (Wildman–Crippen LogP) is 3.88. The summed E-state index contributed by atoms with van der Waals surface area (Å²) in [6, 6.07) is 11.2. The molecule has 0 fully saturated rings. The van der Waals surface area contributed by atoms with Crippen molar-refractivity contribution >= 4 is 33.8 Å². The number of nitro groups is 2. The van der Waals surface area contributed by atoms with Gasteiger partial charge in [-0.25, -0.2) is 4.98 Å². The van der Waals surface area contributed by atoms with Crippen molar-refractivity contribution in [2.24, 2.45) is 0 Å². The number of nitrogens with zero attached hydrogens (tertiary/aromatic N) is 3. The van der Waals surface area contributed by atoms with Crippen LogP contribution in [0.4, 0.5) is 16.5 Å². The maximum absolute atomic E-state index is 12.2. The highest BCUT2D eigenvalue weighted by molar-refractivity contribution is 7.14. The van der Waals surface area contributed by atoms with Crippen LogP contribution in [0, 0.1) is 20.2 Å². The molecule has 0 spiro atoms. The van der Waals surface area contributed by atoms with Gasteiger partial charge in [0.25, 0.3) is 17.3 Å². The lowest BCUT2D eigenvalue weighted by Crippen LogP contribution is -2.11. The third kappa shape index (κ3) is 3.70. The molecule has 1 aromatic heterocycles. The van der Waals surface area contributed by atoms with E-state index in [-0.39, 0.29) is 16.9 Å². The van der Waals surface area contributed by atoms with Gasteiger partial charge < -0.3 is 0 Å². The molecule has 3 rings (SSSR count). The zero-order valence-corrected chi connectivity index (χ0v) is 13.8. The van der Waals surface area contributed by atoms with Crippen LogP contribution in [-0.4, -0.2) is 20.7 Å². The molecule has 1 N–H and O–H groups in total. The summed E-state index contributed by atoms with van der Waals surface area (Å²) >= 11 is 1.17. The molecule has 1 heterocycles. The van der Waals surface area contributed by atoms with E-state index in [2.05, 4.69) is 10.3 Å². The lowest BCUT2D eigenvalue weighted by Gasteiger charge is -2.01. The van der Waals surface area contributed by atoms with Crippen LogP contribution in [0.3, 0.4) is 0 Å². The van der Waals surface area contributed by atoms with E-state index < -0.39 is 15.8 Å². The Bertz CT molecular complexity index is 1000. The number of anilines is 1. The zero-order chi connectivity index (χ0) is 18.7. The molecule has 0 aliphatic heterocycles. The van der Waals surface area contributed by atoms with Crippen molar-refractivity contribution in [3.05, 3.63) is 79.7 Å². The number of thiazole rings is 1. The minimum atomic E-state index is -0.548. The van der Waals surface area contributed by atoms with E-state index in [1.807, 2.05) is 0 Å². The van der Waals surface area contributed by atoms with Crippen molar-refractivity contribution in [3.8, 4) is 11.3 Å². The van der Waals surface area contributed by atoms with Gasteiger partial charge in [0, 0.05) is 40.8 Å². The summed E-state index contributed by atoms with van der Waals surface area (Å²) in [7, 11) is 0. The SMILES string of the molecule is O=C(Nc1nc(-c2cccc([N+](=O)[O-])c2)cs1)c1ccc([N+](=O)[O-])cc1. The zero-order valence-electron chi connectivity index (χ0n) is 13.0. The van der Waals surface area contributed by atoms with Gasteiger partial charge >= 0.3 is 0 Å². The molecular formula is C16H10N4O5S. The Morgan fingerprint density at radius 3 is 2.35 bits per heavy atom. The molecule has 3 aromatic rings. The molecule has 0 atom stereocenters. The lowest BCUT2D eigenvalue weighted by atomic mass is 10.1. The molecule has 9 nitrogen and oxygen atoms in total. The van der Waals surface area contributed by atoms with Crippen molar-refractivity contribution in [1.82, 2.24) is 4.98 Å². The second-order valence-corrected chi connectivity index (χ2v) is 5.96. The van der Waals surface area contributed by atoms with Crippen LogP contribution >= 0.6 is 11.3 Å². The summed E-state index contributed by atoms with van der Waals surface area (Å²) in [6.07, 6.45) is 0. The molecule has 0 aliphatic rings. The minimum absolute atomic E-state index is 0.0491. The summed E-state index contributed by atoms with van der Waals surface area (Å²) in [5, 5.41) is 26.1. The summed E-state index contributed by atoms with van der Waals surface area (Å²) < 4.78 is 0. The van der Waals surface area contributed by atoms with Crippen LogP contribution in [0.25, 0.3) is 11.3 Å². The van der Waals surface area contributed by atoms with Crippen molar-refractivity contribution < 1.29 is 14.6 Å². The Kier molecular flexibility index (Phi) is 4.67. The van der Waals surface area contributed by atoms with Gasteiger partial charge in [0.05, 0.1) is 15.5 Å². The van der Waals surface area contributed by atoms with Crippen molar-refractivity contribution in [2.45, 2.75) is 0 Å². The average Bonchev–Trinajstić information content (AvgIpc) is 3.10. The molecule has 0 radical (unpaired) electrons. The Balaban J connectivity index is 1.76. The summed E-state index contributed by atoms with van der Waals surface area (Å²) in [6.45, 7) is 0. The number of nitro benzene ring substituents is 2. The van der Waals surface area contributed by atoms with Gasteiger partial charge in [-0.1, -0.05) is 12.1 Å². The first-order chi connectivity index (χ1) is 12.4. The van der Waals surface area contributed by atoms with Crippen LogP contribution in [0.15, 0.2) is 53.9 Å². The van der Waals surface area contributed by atoms with E-state index >= 15 is 0 Å². The first-order valence-corrected chi connectivity index (χ1v) is 8.08. The predicted molar refractivity (Wildman–Crippen MR) is 95.3 cm³/mol. The molecule has 0 saturated heterocycles. The normalized spacial score (nSPS) is 10.3. The second-order valence-electron chi connectivity index (χ2n) is 5.10. The average molecular weight is 370 g/mol. The van der Waals surface area contributed by atoms with E-state index in [0.717, 1.165) is 0 Å². The summed E-state index contributed by atoms with van der Waals surface area (Å²) in [4.78, 5) is 36.9. The van der Waals surface area contributed by atoms with E-state index in [4.69, 9.17) is 0 Å². The number of hydrogen-bond donors (Lipinski definition) is 1. The number of rotatable bonds is 5. The van der Waals surface area contributed by atoms with Gasteiger partial charge in [0.1, 0.15) is 0 Å². The third-order valence-electron chi connectivity index (χ3n) is 3.42. The van der Waals surface area contributed by atoms with E-state index in [9.17, 15) is 25.0 Å². The van der Waals surface area contributed by atoms with E-state index in [0.29, 0.717) is 16.4 Å². The molecule has 0 saturated carbocycles. The maximum atomic E-state index is 12.2. The van der Waals surface area contributed by atoms with Gasteiger partial charge in [-0.2, -0.15) is 0 Å². The number of benzene rings is 2. The van der Waals surface area contributed by atoms with Gasteiger partial charge in [-0.05, 0) is 12.1 Å². The van der Waals surface area contributed by atoms with Crippen molar-refractivity contribution in [2.75, 3.05) is 5.32 Å². The van der Waals surface area contributed by atoms with Gasteiger partial charge in [0.15, 0.2) is 5.13 Å². The van der Waals surface area contributed by atoms with Crippen LogP contribution < -0.4 is 5.32 Å². The standard InChI is InChI=1S/C16H10N4O5S/c21-15(10-4-6-12(7-5-10)19(22)23)18-16-17-14(9-26-16)11-2-1-3-13(8-11)20(24)25/h1-9H,(H,17,18,21). The van der Waals surface area contributed by atoms with Crippen molar-refractivity contribution in [1.29, 1.82) is 0 Å². The van der Waals surface area contributed by atoms with Crippen LogP contribution in [0.1, 0.15) is 10.4 Å². The fourth-order valence-electron chi connectivity index (χ4n) is 2.15. The fourth-order valence-corrected chi connectivity index (χ4v) is 2.86. The highest BCUT2D eigenvalue weighted by Crippen LogP contribution is 2.27.